The third-order valence-electron chi connectivity index (χ3n) is 7.65. The van der Waals surface area contributed by atoms with Crippen LogP contribution in [0.4, 0.5) is 0 Å². The maximum atomic E-state index is 2.50. The van der Waals surface area contributed by atoms with E-state index in [-0.39, 0.29) is 24.8 Å². The molecule has 4 aromatic rings. The van der Waals surface area contributed by atoms with Crippen LogP contribution in [0.5, 0.6) is 0 Å². The molecule has 0 spiro atoms. The van der Waals surface area contributed by atoms with Crippen LogP contribution in [0.15, 0.2) is 100 Å². The summed E-state index contributed by atoms with van der Waals surface area (Å²) in [5.74, 6) is 0. The number of hydrogen-bond donors (Lipinski definition) is 0. The minimum absolute atomic E-state index is 0. The summed E-state index contributed by atoms with van der Waals surface area (Å²) in [5, 5.41) is 3.19. The first-order valence-electron chi connectivity index (χ1n) is 13.0. The summed E-state index contributed by atoms with van der Waals surface area (Å²) in [4.78, 5) is 0. The van der Waals surface area contributed by atoms with E-state index in [9.17, 15) is 0 Å². The number of hydrogen-bond acceptors (Lipinski definition) is 0. The van der Waals surface area contributed by atoms with Gasteiger partial charge in [0.05, 0.1) is 0 Å². The molecule has 4 heteroatoms. The van der Waals surface area contributed by atoms with Gasteiger partial charge in [-0.05, 0) is 0 Å². The molecule has 0 aromatic heterocycles. The number of benzene rings is 4. The Kier molecular flexibility index (Phi) is 9.21. The van der Waals surface area contributed by atoms with Crippen molar-refractivity contribution < 1.29 is 45.2 Å². The molecule has 0 radical (unpaired) electrons. The molecular weight excluding hydrogens is 599 g/mol. The summed E-state index contributed by atoms with van der Waals surface area (Å²) >= 11 is -2.40. The third kappa shape index (κ3) is 5.39. The Morgan fingerprint density at radius 3 is 1.92 bits per heavy atom. The summed E-state index contributed by atoms with van der Waals surface area (Å²) in [6.45, 7) is 9.12. The molecule has 0 saturated carbocycles. The first-order chi connectivity index (χ1) is 17.5. The molecule has 0 bridgehead atoms. The van der Waals surface area contributed by atoms with Gasteiger partial charge in [-0.1, -0.05) is 0 Å². The molecule has 38 heavy (non-hydrogen) atoms. The Hall–Kier alpha value is -1.96. The molecule has 0 nitrogen and oxygen atoms in total. The van der Waals surface area contributed by atoms with Crippen LogP contribution in [0.1, 0.15) is 39.8 Å². The smallest absolute Gasteiger partial charge is 1.00 e. The molecule has 4 aromatic carbocycles. The van der Waals surface area contributed by atoms with Gasteiger partial charge in [0.25, 0.3) is 0 Å². The Morgan fingerprint density at radius 2 is 1.32 bits per heavy atom. The SMILES string of the molecule is Cc1cccc([Si](c2cccc(C)c2)=[Zr+2]([C]2=CC=CC2)[c]2c(C)ccc3c2Cc2cc(C)ccc2-3)c1.[Cl-].[Cl-]. The molecule has 2 aliphatic rings. The standard InChI is InChI=1S/C15H13.C14H14Si.C5H5.2ClH.Zr/c1-10-3-5-14-12(7-10)9-13-8-11(2)4-6-15(13)14;1-11-5-3-7-13(9-11)15-14-8-4-6-12(2)10-14;1-2-4-5-3-1;;;/h3-7H,9H2,1-2H3;3-10H,1-2H3;1-3H,4H2;2*1H;/q;;;;;+2/p-2. The van der Waals surface area contributed by atoms with E-state index in [0.717, 1.165) is 12.8 Å². The van der Waals surface area contributed by atoms with Crippen LogP contribution in [-0.4, -0.2) is 5.43 Å². The predicted octanol–water partition coefficient (Wildman–Crippen LogP) is 0.393. The van der Waals surface area contributed by atoms with Crippen molar-refractivity contribution in [3.8, 4) is 11.1 Å². The van der Waals surface area contributed by atoms with E-state index in [1.807, 2.05) is 0 Å². The first-order valence-corrected chi connectivity index (χ1v) is 20.6. The monoisotopic (exact) mass is 628 g/mol. The number of aryl methyl sites for hydroxylation is 4. The second-order valence-corrected chi connectivity index (χ2v) is 23.6. The van der Waals surface area contributed by atoms with E-state index in [1.165, 1.54) is 38.9 Å². The average Bonchev–Trinajstić information content (AvgIpc) is 3.50. The quantitative estimate of drug-likeness (QED) is 0.253. The molecule has 0 heterocycles. The van der Waals surface area contributed by atoms with E-state index < -0.39 is 25.8 Å². The fraction of sp³-hybridized carbons (Fsp3) is 0.176. The second kappa shape index (κ2) is 12.1. The zero-order chi connectivity index (χ0) is 24.8. The van der Waals surface area contributed by atoms with Crippen LogP contribution < -0.4 is 38.5 Å². The zero-order valence-electron chi connectivity index (χ0n) is 22.4. The van der Waals surface area contributed by atoms with Crippen LogP contribution in [0, 0.1) is 27.7 Å². The molecule has 190 valence electrons. The minimum Gasteiger partial charge on any atom is -1.00 e. The minimum atomic E-state index is -2.40. The summed E-state index contributed by atoms with van der Waals surface area (Å²) < 4.78 is 3.54. The maximum absolute atomic E-state index is 2.50. The van der Waals surface area contributed by atoms with Crippen molar-refractivity contribution in [2.24, 2.45) is 0 Å². The van der Waals surface area contributed by atoms with Crippen molar-refractivity contribution in [2.75, 3.05) is 0 Å². The van der Waals surface area contributed by atoms with E-state index in [2.05, 4.69) is 125 Å². The van der Waals surface area contributed by atoms with Gasteiger partial charge >= 0.3 is 225 Å². The Balaban J connectivity index is 0.00000168. The zero-order valence-corrected chi connectivity index (χ0v) is 27.4. The summed E-state index contributed by atoms with van der Waals surface area (Å²) in [6, 6.07) is 30.8. The summed E-state index contributed by atoms with van der Waals surface area (Å²) in [5.41, 5.74) is 10.8. The molecule has 0 aliphatic heterocycles. The van der Waals surface area contributed by atoms with Gasteiger partial charge in [0.1, 0.15) is 0 Å². The van der Waals surface area contributed by atoms with Crippen LogP contribution in [-0.2, 0) is 26.8 Å². The second-order valence-electron chi connectivity index (χ2n) is 10.4. The fourth-order valence-electron chi connectivity index (χ4n) is 6.01. The van der Waals surface area contributed by atoms with Gasteiger partial charge in [0, 0.05) is 0 Å². The molecule has 0 saturated heterocycles. The number of fused-ring (bicyclic) bond motifs is 3. The summed E-state index contributed by atoms with van der Waals surface area (Å²) in [7, 11) is 0. The van der Waals surface area contributed by atoms with Crippen LogP contribution in [0.3, 0.4) is 0 Å². The number of allylic oxidation sites excluding steroid dienone is 4. The van der Waals surface area contributed by atoms with Crippen molar-refractivity contribution >= 4 is 19.1 Å². The van der Waals surface area contributed by atoms with Crippen LogP contribution in [0.25, 0.3) is 11.1 Å². The van der Waals surface area contributed by atoms with Gasteiger partial charge in [-0.2, -0.15) is 0 Å². The Morgan fingerprint density at radius 1 is 0.684 bits per heavy atom. The van der Waals surface area contributed by atoms with Gasteiger partial charge in [-0.25, -0.2) is 0 Å². The molecule has 6 rings (SSSR count). The van der Waals surface area contributed by atoms with Crippen molar-refractivity contribution in [1.82, 2.24) is 0 Å². The predicted molar refractivity (Wildman–Crippen MR) is 153 cm³/mol. The largest absolute Gasteiger partial charge is 1.00 e. The summed E-state index contributed by atoms with van der Waals surface area (Å²) in [6.07, 6.45) is 9.42. The van der Waals surface area contributed by atoms with Crippen LogP contribution >= 0.6 is 0 Å². The van der Waals surface area contributed by atoms with Crippen molar-refractivity contribution in [1.29, 1.82) is 0 Å². The molecule has 0 fully saturated rings. The van der Waals surface area contributed by atoms with Gasteiger partial charge in [0.15, 0.2) is 0 Å². The maximum Gasteiger partial charge on any atom is -1.00 e. The topological polar surface area (TPSA) is 0 Å². The third-order valence-corrected chi connectivity index (χ3v) is 26.7. The van der Waals surface area contributed by atoms with Gasteiger partial charge in [-0.15, -0.1) is 0 Å². The van der Waals surface area contributed by atoms with E-state index in [1.54, 1.807) is 22.5 Å². The van der Waals surface area contributed by atoms with E-state index in [4.69, 9.17) is 0 Å². The van der Waals surface area contributed by atoms with Crippen LogP contribution in [0.2, 0.25) is 0 Å². The molecule has 0 amide bonds. The Labute approximate surface area is 247 Å². The van der Waals surface area contributed by atoms with Crippen molar-refractivity contribution in [3.63, 3.8) is 0 Å². The number of rotatable bonds is 4. The first kappa shape index (κ1) is 29.0. The normalized spacial score (nSPS) is 12.4. The van der Waals surface area contributed by atoms with Gasteiger partial charge < -0.3 is 24.8 Å². The molecule has 2 aliphatic carbocycles. The van der Waals surface area contributed by atoms with Crippen molar-refractivity contribution in [2.45, 2.75) is 40.5 Å². The number of halogens is 2. The van der Waals surface area contributed by atoms with E-state index >= 15 is 0 Å². The van der Waals surface area contributed by atoms with Crippen molar-refractivity contribution in [3.05, 3.63) is 134 Å². The van der Waals surface area contributed by atoms with Gasteiger partial charge in [0.2, 0.25) is 0 Å². The molecule has 0 atom stereocenters. The molecule has 0 N–H and O–H groups in total. The average molecular weight is 631 g/mol. The molecular formula is C34H32Cl2SiZr. The Bertz CT molecular complexity index is 1580. The van der Waals surface area contributed by atoms with Gasteiger partial charge in [-0.3, -0.25) is 0 Å². The fourth-order valence-corrected chi connectivity index (χ4v) is 27.4. The molecule has 0 unspecified atom stereocenters. The van der Waals surface area contributed by atoms with E-state index in [0.29, 0.717) is 0 Å².